The quantitative estimate of drug-likeness (QED) is 0.862. The first-order valence-electron chi connectivity index (χ1n) is 8.29. The Balaban J connectivity index is 1.77. The zero-order chi connectivity index (χ0) is 15.1. The van der Waals surface area contributed by atoms with Gasteiger partial charge in [-0.3, -0.25) is 0 Å². The van der Waals surface area contributed by atoms with E-state index >= 15 is 0 Å². The Labute approximate surface area is 128 Å². The molecule has 116 valence electrons. The normalized spacial score (nSPS) is 33.1. The second kappa shape index (κ2) is 5.15. The summed E-state index contributed by atoms with van der Waals surface area (Å²) < 4.78 is 0. The van der Waals surface area contributed by atoms with Gasteiger partial charge in [-0.15, -0.1) is 0 Å². The minimum Gasteiger partial charge on any atom is -0.366 e. The van der Waals surface area contributed by atoms with Crippen LogP contribution in [0.3, 0.4) is 0 Å². The number of hydrogen-bond acceptors (Lipinski definition) is 4. The Morgan fingerprint density at radius 3 is 2.81 bits per heavy atom. The zero-order valence-electron chi connectivity index (χ0n) is 13.7. The van der Waals surface area contributed by atoms with Crippen molar-refractivity contribution in [1.29, 1.82) is 0 Å². The molecule has 0 aliphatic heterocycles. The Kier molecular flexibility index (Phi) is 3.58. The molecule has 0 radical (unpaired) electrons. The zero-order valence-corrected chi connectivity index (χ0v) is 13.7. The molecule has 3 unspecified atom stereocenters. The number of fused-ring (bicyclic) bond motifs is 2. The molecular weight excluding hydrogens is 260 g/mol. The minimum absolute atomic E-state index is 0.342. The molecule has 0 aromatic carbocycles. The second-order valence-corrected chi connectivity index (χ2v) is 7.68. The van der Waals surface area contributed by atoms with Crippen LogP contribution >= 0.6 is 0 Å². The number of anilines is 2. The molecule has 3 rings (SSSR count). The summed E-state index contributed by atoms with van der Waals surface area (Å²) in [6, 6.07) is 2.49. The highest BCUT2D eigenvalue weighted by Gasteiger charge is 2.59. The van der Waals surface area contributed by atoms with E-state index in [9.17, 15) is 0 Å². The van der Waals surface area contributed by atoms with E-state index in [4.69, 9.17) is 0 Å². The van der Waals surface area contributed by atoms with Gasteiger partial charge in [-0.2, -0.15) is 4.98 Å². The van der Waals surface area contributed by atoms with Crippen molar-refractivity contribution in [3.8, 4) is 0 Å². The van der Waals surface area contributed by atoms with Crippen LogP contribution in [-0.2, 0) is 0 Å². The van der Waals surface area contributed by atoms with Gasteiger partial charge < -0.3 is 10.6 Å². The molecule has 2 bridgehead atoms. The molecular formula is C17H28N4. The van der Waals surface area contributed by atoms with Crippen LogP contribution in [0.25, 0.3) is 0 Å². The van der Waals surface area contributed by atoms with Gasteiger partial charge in [0.25, 0.3) is 0 Å². The van der Waals surface area contributed by atoms with E-state index < -0.39 is 0 Å². The van der Waals surface area contributed by atoms with Gasteiger partial charge in [0.15, 0.2) is 0 Å². The van der Waals surface area contributed by atoms with Crippen molar-refractivity contribution in [3.63, 3.8) is 0 Å². The van der Waals surface area contributed by atoms with Gasteiger partial charge in [-0.1, -0.05) is 27.7 Å². The number of nitrogens with zero attached hydrogens (tertiary/aromatic N) is 2. The molecule has 0 saturated heterocycles. The molecule has 2 N–H and O–H groups in total. The van der Waals surface area contributed by atoms with Crippen molar-refractivity contribution in [3.05, 3.63) is 12.3 Å². The van der Waals surface area contributed by atoms with Gasteiger partial charge in [-0.05, 0) is 48.5 Å². The fourth-order valence-corrected chi connectivity index (χ4v) is 4.57. The molecule has 2 saturated carbocycles. The van der Waals surface area contributed by atoms with E-state index in [-0.39, 0.29) is 0 Å². The lowest BCUT2D eigenvalue weighted by atomic mass is 9.68. The summed E-state index contributed by atoms with van der Waals surface area (Å²) in [5, 5.41) is 6.99. The van der Waals surface area contributed by atoms with Crippen LogP contribution in [0.5, 0.6) is 0 Å². The molecule has 21 heavy (non-hydrogen) atoms. The summed E-state index contributed by atoms with van der Waals surface area (Å²) in [7, 11) is 0. The van der Waals surface area contributed by atoms with E-state index in [0.29, 0.717) is 16.9 Å². The predicted molar refractivity (Wildman–Crippen MR) is 87.5 cm³/mol. The predicted octanol–water partition coefficient (Wildman–Crippen LogP) is 3.93. The fraction of sp³-hybridized carbons (Fsp3) is 0.765. The summed E-state index contributed by atoms with van der Waals surface area (Å²) in [6.07, 6.45) is 7.00. The van der Waals surface area contributed by atoms with Crippen molar-refractivity contribution in [1.82, 2.24) is 9.97 Å². The maximum absolute atomic E-state index is 4.62. The minimum atomic E-state index is 0.342. The summed E-state index contributed by atoms with van der Waals surface area (Å²) >= 11 is 0. The lowest BCUT2D eigenvalue weighted by molar-refractivity contribution is 0.155. The highest BCUT2D eigenvalue weighted by Crippen LogP contribution is 2.63. The molecule has 2 aliphatic carbocycles. The van der Waals surface area contributed by atoms with E-state index in [0.717, 1.165) is 30.6 Å². The average Bonchev–Trinajstić information content (AvgIpc) is 2.93. The molecule has 4 heteroatoms. The molecule has 1 heterocycles. The molecule has 3 atom stereocenters. The first-order chi connectivity index (χ1) is 9.95. The van der Waals surface area contributed by atoms with Crippen LogP contribution in [0.2, 0.25) is 0 Å². The number of rotatable bonds is 5. The van der Waals surface area contributed by atoms with E-state index in [2.05, 4.69) is 48.3 Å². The first-order valence-corrected chi connectivity index (χ1v) is 8.29. The van der Waals surface area contributed by atoms with Gasteiger partial charge in [-0.25, -0.2) is 4.98 Å². The third-order valence-electron chi connectivity index (χ3n) is 5.75. The maximum Gasteiger partial charge on any atom is 0.224 e. The number of aromatic nitrogens is 2. The van der Waals surface area contributed by atoms with Crippen molar-refractivity contribution < 1.29 is 0 Å². The molecule has 2 fully saturated rings. The summed E-state index contributed by atoms with van der Waals surface area (Å²) in [6.45, 7) is 10.3. The highest BCUT2D eigenvalue weighted by molar-refractivity contribution is 5.42. The van der Waals surface area contributed by atoms with Gasteiger partial charge in [0.2, 0.25) is 5.95 Å². The Hall–Kier alpha value is -1.32. The third kappa shape index (κ3) is 2.49. The Bertz CT molecular complexity index is 509. The molecule has 1 aromatic heterocycles. The van der Waals surface area contributed by atoms with Crippen LogP contribution in [0.15, 0.2) is 12.3 Å². The van der Waals surface area contributed by atoms with E-state index in [1.165, 1.54) is 19.3 Å². The number of hydrogen-bond donors (Lipinski definition) is 2. The molecule has 2 aliphatic rings. The number of nitrogens with one attached hydrogen (secondary N) is 2. The Morgan fingerprint density at radius 2 is 2.14 bits per heavy atom. The molecule has 0 amide bonds. The van der Waals surface area contributed by atoms with Gasteiger partial charge >= 0.3 is 0 Å². The molecule has 0 spiro atoms. The molecule has 1 aromatic rings. The SMILES string of the molecule is CCCNc1nccc(NC2C3(C)CCC(C3)C2(C)C)n1. The van der Waals surface area contributed by atoms with E-state index in [1.54, 1.807) is 0 Å². The average molecular weight is 288 g/mol. The highest BCUT2D eigenvalue weighted by atomic mass is 15.2. The van der Waals surface area contributed by atoms with Gasteiger partial charge in [0.05, 0.1) is 0 Å². The van der Waals surface area contributed by atoms with Crippen molar-refractivity contribution in [2.24, 2.45) is 16.7 Å². The summed E-state index contributed by atoms with van der Waals surface area (Å²) in [4.78, 5) is 8.91. The second-order valence-electron chi connectivity index (χ2n) is 7.68. The summed E-state index contributed by atoms with van der Waals surface area (Å²) in [5.41, 5.74) is 0.755. The Morgan fingerprint density at radius 1 is 1.33 bits per heavy atom. The summed E-state index contributed by atoms with van der Waals surface area (Å²) in [5.74, 6) is 2.53. The largest absolute Gasteiger partial charge is 0.366 e. The van der Waals surface area contributed by atoms with Crippen LogP contribution in [0.1, 0.15) is 53.4 Å². The maximum atomic E-state index is 4.62. The van der Waals surface area contributed by atoms with Crippen LogP contribution < -0.4 is 10.6 Å². The van der Waals surface area contributed by atoms with Crippen molar-refractivity contribution in [2.75, 3.05) is 17.2 Å². The standard InChI is InChI=1S/C17H28N4/c1-5-9-18-15-19-10-7-13(21-15)20-14-16(2,3)12-6-8-17(14,4)11-12/h7,10,12,14H,5-6,8-9,11H2,1-4H3,(H2,18,19,20,21). The third-order valence-corrected chi connectivity index (χ3v) is 5.75. The van der Waals surface area contributed by atoms with Gasteiger partial charge in [0.1, 0.15) is 5.82 Å². The topological polar surface area (TPSA) is 49.8 Å². The fourth-order valence-electron chi connectivity index (χ4n) is 4.57. The van der Waals surface area contributed by atoms with Crippen LogP contribution in [-0.4, -0.2) is 22.6 Å². The van der Waals surface area contributed by atoms with Gasteiger partial charge in [0, 0.05) is 18.8 Å². The van der Waals surface area contributed by atoms with Crippen molar-refractivity contribution >= 4 is 11.8 Å². The lowest BCUT2D eigenvalue weighted by Crippen LogP contribution is -2.46. The lowest BCUT2D eigenvalue weighted by Gasteiger charge is -2.43. The first kappa shape index (κ1) is 14.6. The monoisotopic (exact) mass is 288 g/mol. The smallest absolute Gasteiger partial charge is 0.224 e. The van der Waals surface area contributed by atoms with E-state index in [1.807, 2.05) is 12.3 Å². The molecule has 4 nitrogen and oxygen atoms in total. The van der Waals surface area contributed by atoms with Crippen molar-refractivity contribution in [2.45, 2.75) is 59.4 Å². The van der Waals surface area contributed by atoms with Crippen LogP contribution in [0.4, 0.5) is 11.8 Å². The van der Waals surface area contributed by atoms with Crippen LogP contribution in [0, 0.1) is 16.7 Å².